The summed E-state index contributed by atoms with van der Waals surface area (Å²) in [7, 11) is 0. The molecule has 1 aliphatic heterocycles. The Morgan fingerprint density at radius 1 is 0.944 bits per heavy atom. The fraction of sp³-hybridized carbons (Fsp3) is 0.600. The highest BCUT2D eigenvalue weighted by Gasteiger charge is 2.52. The summed E-state index contributed by atoms with van der Waals surface area (Å²) >= 11 is 7.02. The van der Waals surface area contributed by atoms with Crippen molar-refractivity contribution in [3.05, 3.63) is 55.5 Å². The molecule has 0 amide bonds. The van der Waals surface area contributed by atoms with Crippen LogP contribution in [0.3, 0.4) is 0 Å². The summed E-state index contributed by atoms with van der Waals surface area (Å²) in [6, 6.07) is 8.80. The summed E-state index contributed by atoms with van der Waals surface area (Å²) in [6.45, 7) is 5.55. The third-order valence-corrected chi connectivity index (χ3v) is 10.7. The maximum atomic E-state index is 11.5. The molecule has 3 N–H and O–H groups in total. The van der Waals surface area contributed by atoms with Crippen molar-refractivity contribution in [3.63, 3.8) is 0 Å². The first-order valence-electron chi connectivity index (χ1n) is 13.7. The molecule has 7 rings (SSSR count). The van der Waals surface area contributed by atoms with Gasteiger partial charge in [0.1, 0.15) is 11.5 Å². The van der Waals surface area contributed by atoms with E-state index in [4.69, 9.17) is 0 Å². The summed E-state index contributed by atoms with van der Waals surface area (Å²) in [5.74, 6) is 3.50. The molecular formula is C30H38Br2N2O2. The fourth-order valence-corrected chi connectivity index (χ4v) is 9.81. The second kappa shape index (κ2) is 9.91. The Balaban J connectivity index is 1.14. The fourth-order valence-electron chi connectivity index (χ4n) is 8.50. The van der Waals surface area contributed by atoms with Gasteiger partial charge in [0, 0.05) is 46.8 Å². The first kappa shape index (κ1) is 25.2. The van der Waals surface area contributed by atoms with Gasteiger partial charge in [0.2, 0.25) is 0 Å². The van der Waals surface area contributed by atoms with Crippen molar-refractivity contribution in [2.45, 2.75) is 82.8 Å². The molecule has 0 spiro atoms. The first-order valence-corrected chi connectivity index (χ1v) is 15.3. The van der Waals surface area contributed by atoms with E-state index in [1.54, 1.807) is 0 Å². The molecule has 6 heteroatoms. The van der Waals surface area contributed by atoms with Gasteiger partial charge < -0.3 is 15.5 Å². The van der Waals surface area contributed by atoms with E-state index in [-0.39, 0.29) is 5.41 Å². The van der Waals surface area contributed by atoms with Gasteiger partial charge in [-0.15, -0.1) is 0 Å². The molecule has 0 aromatic heterocycles. The van der Waals surface area contributed by atoms with Crippen LogP contribution in [0, 0.1) is 24.7 Å². The van der Waals surface area contributed by atoms with Gasteiger partial charge in [-0.3, -0.25) is 4.90 Å². The van der Waals surface area contributed by atoms with Gasteiger partial charge in [0.15, 0.2) is 0 Å². The Morgan fingerprint density at radius 2 is 1.64 bits per heavy atom. The van der Waals surface area contributed by atoms with Crippen LogP contribution in [0.5, 0.6) is 11.5 Å². The van der Waals surface area contributed by atoms with Crippen molar-refractivity contribution in [1.82, 2.24) is 10.2 Å². The second-order valence-corrected chi connectivity index (χ2v) is 14.1. The Hall–Kier alpha value is -1.08. The van der Waals surface area contributed by atoms with Gasteiger partial charge in [-0.1, -0.05) is 33.6 Å². The van der Waals surface area contributed by atoms with Crippen LogP contribution in [0.4, 0.5) is 0 Å². The van der Waals surface area contributed by atoms with Crippen LogP contribution < -0.4 is 5.32 Å². The molecule has 1 heterocycles. The highest BCUT2D eigenvalue weighted by atomic mass is 79.9. The van der Waals surface area contributed by atoms with Crippen molar-refractivity contribution in [1.29, 1.82) is 0 Å². The summed E-state index contributed by atoms with van der Waals surface area (Å²) < 4.78 is 1.70. The Labute approximate surface area is 232 Å². The van der Waals surface area contributed by atoms with E-state index in [1.165, 1.54) is 56.1 Å². The van der Waals surface area contributed by atoms with Crippen LogP contribution in [0.2, 0.25) is 0 Å². The number of phenolic OH excluding ortho intramolecular Hbond substituents is 2. The number of hydrogen-bond acceptors (Lipinski definition) is 4. The van der Waals surface area contributed by atoms with Crippen LogP contribution in [0.25, 0.3) is 0 Å². The number of aryl methyl sites for hydroxylation is 1. The van der Waals surface area contributed by atoms with Gasteiger partial charge in [0.25, 0.3) is 0 Å². The zero-order valence-corrected chi connectivity index (χ0v) is 24.4. The van der Waals surface area contributed by atoms with Crippen LogP contribution in [-0.4, -0.2) is 34.2 Å². The Bertz CT molecular complexity index is 1110. The molecule has 0 radical (unpaired) electrons. The van der Waals surface area contributed by atoms with Crippen LogP contribution in [0.15, 0.2) is 33.2 Å². The topological polar surface area (TPSA) is 55.7 Å². The molecule has 4 saturated carbocycles. The molecule has 36 heavy (non-hydrogen) atoms. The van der Waals surface area contributed by atoms with E-state index in [1.807, 2.05) is 12.1 Å². The molecule has 1 saturated heterocycles. The Kier molecular flexibility index (Phi) is 6.94. The van der Waals surface area contributed by atoms with Gasteiger partial charge in [-0.2, -0.15) is 0 Å². The number of halogens is 2. The number of hydrogen-bond donors (Lipinski definition) is 3. The number of nitrogens with one attached hydrogen (secondary N) is 1. The predicted molar refractivity (Wildman–Crippen MR) is 151 cm³/mol. The van der Waals surface area contributed by atoms with E-state index in [2.05, 4.69) is 61.1 Å². The van der Waals surface area contributed by atoms with Gasteiger partial charge in [-0.05, 0) is 116 Å². The normalized spacial score (nSPS) is 31.4. The number of likely N-dealkylation sites (tertiary alicyclic amines) is 1. The molecular weight excluding hydrogens is 580 g/mol. The molecule has 2 aromatic rings. The molecule has 1 atom stereocenters. The van der Waals surface area contributed by atoms with E-state index in [0.29, 0.717) is 24.1 Å². The molecule has 4 bridgehead atoms. The molecule has 4 aliphatic carbocycles. The molecule has 194 valence electrons. The minimum atomic E-state index is 0.210. The molecule has 5 fully saturated rings. The highest BCUT2D eigenvalue weighted by molar-refractivity contribution is 9.11. The lowest BCUT2D eigenvalue weighted by atomic mass is 9.48. The summed E-state index contributed by atoms with van der Waals surface area (Å²) in [6.07, 6.45) is 10.4. The second-order valence-electron chi connectivity index (χ2n) is 12.3. The van der Waals surface area contributed by atoms with Crippen molar-refractivity contribution >= 4 is 31.9 Å². The van der Waals surface area contributed by atoms with Crippen LogP contribution >= 0.6 is 31.9 Å². The quantitative estimate of drug-likeness (QED) is 0.309. The highest BCUT2D eigenvalue weighted by Crippen LogP contribution is 2.62. The third kappa shape index (κ3) is 4.76. The van der Waals surface area contributed by atoms with E-state index in [9.17, 15) is 10.2 Å². The molecule has 5 aliphatic rings. The number of benzene rings is 2. The minimum absolute atomic E-state index is 0.210. The van der Waals surface area contributed by atoms with Crippen molar-refractivity contribution in [3.8, 4) is 11.5 Å². The van der Waals surface area contributed by atoms with Gasteiger partial charge in [0.05, 0.1) is 4.47 Å². The maximum Gasteiger partial charge on any atom is 0.134 e. The third-order valence-electron chi connectivity index (χ3n) is 9.62. The SMILES string of the molecule is Cc1cc(CNCC2CCCN2Cc2cc(Br)cc(Br)c2O)c(O)c(C23CC4CC(CC(C4)C2)C3)c1. The lowest BCUT2D eigenvalue weighted by Crippen LogP contribution is -2.48. The van der Waals surface area contributed by atoms with E-state index in [0.717, 1.165) is 63.9 Å². The zero-order valence-electron chi connectivity index (χ0n) is 21.2. The minimum Gasteiger partial charge on any atom is -0.507 e. The number of rotatable bonds is 7. The first-order chi connectivity index (χ1) is 17.3. The number of aromatic hydroxyl groups is 2. The molecule has 4 nitrogen and oxygen atoms in total. The van der Waals surface area contributed by atoms with Gasteiger partial charge >= 0.3 is 0 Å². The van der Waals surface area contributed by atoms with Crippen molar-refractivity contribution in [2.75, 3.05) is 13.1 Å². The zero-order chi connectivity index (χ0) is 25.0. The van der Waals surface area contributed by atoms with E-state index < -0.39 is 0 Å². The molecule has 2 aromatic carbocycles. The number of phenols is 2. The Morgan fingerprint density at radius 3 is 2.33 bits per heavy atom. The van der Waals surface area contributed by atoms with Crippen molar-refractivity contribution < 1.29 is 10.2 Å². The summed E-state index contributed by atoms with van der Waals surface area (Å²) in [5.41, 5.74) is 4.73. The lowest BCUT2D eigenvalue weighted by molar-refractivity contribution is -0.00621. The van der Waals surface area contributed by atoms with E-state index >= 15 is 0 Å². The summed E-state index contributed by atoms with van der Waals surface area (Å²) in [4.78, 5) is 2.47. The van der Waals surface area contributed by atoms with Crippen molar-refractivity contribution in [2.24, 2.45) is 17.8 Å². The van der Waals surface area contributed by atoms with Gasteiger partial charge in [-0.25, -0.2) is 0 Å². The van der Waals surface area contributed by atoms with Crippen LogP contribution in [0.1, 0.15) is 73.6 Å². The predicted octanol–water partition coefficient (Wildman–Crippen LogP) is 7.15. The smallest absolute Gasteiger partial charge is 0.134 e. The standard InChI is InChI=1S/C30H38Br2N2O2/c1-18-5-22(28(35)26(6-18)30-12-19-7-20(13-30)9-21(8-19)14-30)15-33-16-25-3-2-4-34(25)17-23-10-24(31)11-27(32)29(23)36/h5-6,10-11,19-21,25,33,35-36H,2-4,7-9,12-17H2,1H3. The molecule has 1 unspecified atom stereocenters. The maximum absolute atomic E-state index is 11.5. The average Bonchev–Trinajstić information content (AvgIpc) is 3.25. The summed E-state index contributed by atoms with van der Waals surface area (Å²) in [5, 5.41) is 25.7. The van der Waals surface area contributed by atoms with Crippen LogP contribution in [-0.2, 0) is 18.5 Å². The largest absolute Gasteiger partial charge is 0.507 e. The lowest BCUT2D eigenvalue weighted by Gasteiger charge is -2.57. The number of nitrogens with zero attached hydrogens (tertiary/aromatic N) is 1. The monoisotopic (exact) mass is 616 g/mol. The average molecular weight is 618 g/mol.